The van der Waals surface area contributed by atoms with Gasteiger partial charge in [0.25, 0.3) is 0 Å². The molecule has 0 amide bonds. The van der Waals surface area contributed by atoms with Gasteiger partial charge < -0.3 is 0 Å². The Morgan fingerprint density at radius 1 is 1.33 bits per heavy atom. The van der Waals surface area contributed by atoms with E-state index < -0.39 is 11.6 Å². The van der Waals surface area contributed by atoms with Gasteiger partial charge in [0.2, 0.25) is 0 Å². The van der Waals surface area contributed by atoms with Gasteiger partial charge in [-0.15, -0.1) is 0 Å². The lowest BCUT2D eigenvalue weighted by Gasteiger charge is -1.89. The molecule has 0 bridgehead atoms. The van der Waals surface area contributed by atoms with E-state index in [1.54, 1.807) is 0 Å². The fourth-order valence-electron chi connectivity index (χ4n) is 0.391. The first-order chi connectivity index (χ1) is 4.20. The maximum atomic E-state index is 12.1. The second kappa shape index (κ2) is 2.39. The summed E-state index contributed by atoms with van der Waals surface area (Å²) in [5, 5.41) is 0. The van der Waals surface area contributed by atoms with Crippen LogP contribution in [-0.4, -0.2) is 4.98 Å². The van der Waals surface area contributed by atoms with Crippen LogP contribution in [0.1, 0.15) is 0 Å². The summed E-state index contributed by atoms with van der Waals surface area (Å²) in [4.78, 5) is 3.44. The molecule has 1 rings (SSSR count). The minimum atomic E-state index is -0.932. The van der Waals surface area contributed by atoms with Gasteiger partial charge in [-0.2, -0.15) is 0 Å². The second-order valence-electron chi connectivity index (χ2n) is 1.42. The smallest absolute Gasteiger partial charge is 0.177 e. The number of pyridine rings is 1. The molecule has 1 aromatic heterocycles. The molecule has 0 N–H and O–H groups in total. The van der Waals surface area contributed by atoms with Crippen molar-refractivity contribution in [1.29, 1.82) is 0 Å². The second-order valence-corrected chi connectivity index (χ2v) is 2.23. The normalized spacial score (nSPS) is 9.67. The van der Waals surface area contributed by atoms with Crippen LogP contribution in [0.25, 0.3) is 0 Å². The van der Waals surface area contributed by atoms with Gasteiger partial charge in [-0.1, -0.05) is 0 Å². The maximum absolute atomic E-state index is 12.1. The van der Waals surface area contributed by atoms with Crippen molar-refractivity contribution in [2.75, 3.05) is 0 Å². The monoisotopic (exact) mass is 193 g/mol. The fourth-order valence-corrected chi connectivity index (χ4v) is 0.694. The highest BCUT2D eigenvalue weighted by molar-refractivity contribution is 9.10. The molecule has 0 spiro atoms. The largest absolute Gasteiger partial charge is 0.246 e. The molecule has 0 aromatic carbocycles. The minimum absolute atomic E-state index is 0.293. The summed E-state index contributed by atoms with van der Waals surface area (Å²) in [6.07, 6.45) is 0.819. The Balaban J connectivity index is 3.17. The number of aromatic nitrogens is 1. The lowest BCUT2D eigenvalue weighted by molar-refractivity contribution is 0.502. The summed E-state index contributed by atoms with van der Waals surface area (Å²) in [6, 6.07) is 0.968. The zero-order valence-corrected chi connectivity index (χ0v) is 5.82. The van der Waals surface area contributed by atoms with Crippen molar-refractivity contribution < 1.29 is 8.78 Å². The van der Waals surface area contributed by atoms with E-state index >= 15 is 0 Å². The van der Waals surface area contributed by atoms with Crippen LogP contribution in [0.5, 0.6) is 0 Å². The maximum Gasteiger partial charge on any atom is 0.177 e. The van der Waals surface area contributed by atoms with Gasteiger partial charge >= 0.3 is 0 Å². The van der Waals surface area contributed by atoms with Gasteiger partial charge in [0.05, 0.1) is 6.20 Å². The summed E-state index contributed by atoms with van der Waals surface area (Å²) >= 11 is 2.88. The summed E-state index contributed by atoms with van der Waals surface area (Å²) in [6.45, 7) is 0. The molecule has 4 heteroatoms. The zero-order valence-electron chi connectivity index (χ0n) is 4.24. The molecule has 0 aliphatic heterocycles. The standard InChI is InChI=1S/C5H2BrF2N/c6-5-1-3(7)4(8)2-9-5/h1-2H. The van der Waals surface area contributed by atoms with Gasteiger partial charge in [-0.25, -0.2) is 13.8 Å². The molecule has 9 heavy (non-hydrogen) atoms. The number of halogens is 3. The van der Waals surface area contributed by atoms with E-state index in [0.29, 0.717) is 4.60 Å². The molecule has 0 unspecified atom stereocenters. The molecule has 0 radical (unpaired) electrons. The van der Waals surface area contributed by atoms with Gasteiger partial charge in [0.1, 0.15) is 4.60 Å². The van der Waals surface area contributed by atoms with Crippen LogP contribution in [0.2, 0.25) is 0 Å². The van der Waals surface area contributed by atoms with E-state index in [-0.39, 0.29) is 0 Å². The molecule has 0 aliphatic carbocycles. The molecule has 0 aliphatic rings. The van der Waals surface area contributed by atoms with Crippen molar-refractivity contribution in [3.8, 4) is 0 Å². The van der Waals surface area contributed by atoms with Crippen LogP contribution in [0.15, 0.2) is 16.9 Å². The van der Waals surface area contributed by atoms with Crippen LogP contribution in [0.4, 0.5) is 8.78 Å². The highest BCUT2D eigenvalue weighted by Crippen LogP contribution is 2.09. The topological polar surface area (TPSA) is 12.9 Å². The van der Waals surface area contributed by atoms with E-state index in [9.17, 15) is 8.78 Å². The third-order valence-electron chi connectivity index (χ3n) is 0.775. The van der Waals surface area contributed by atoms with E-state index in [1.807, 2.05) is 0 Å². The van der Waals surface area contributed by atoms with Gasteiger partial charge in [0.15, 0.2) is 11.6 Å². The van der Waals surface area contributed by atoms with Crippen LogP contribution in [-0.2, 0) is 0 Å². The summed E-state index contributed by atoms with van der Waals surface area (Å²) in [5.74, 6) is -1.82. The fraction of sp³-hybridized carbons (Fsp3) is 0. The van der Waals surface area contributed by atoms with Crippen LogP contribution < -0.4 is 0 Å². The summed E-state index contributed by atoms with van der Waals surface area (Å²) in [7, 11) is 0. The molecule has 0 atom stereocenters. The molecule has 1 nitrogen and oxygen atoms in total. The molecule has 48 valence electrons. The van der Waals surface area contributed by atoms with E-state index in [4.69, 9.17) is 0 Å². The van der Waals surface area contributed by atoms with Crippen LogP contribution in [0.3, 0.4) is 0 Å². The Kier molecular flexibility index (Phi) is 1.75. The van der Waals surface area contributed by atoms with E-state index in [0.717, 1.165) is 12.3 Å². The quantitative estimate of drug-likeness (QED) is 0.576. The van der Waals surface area contributed by atoms with Crippen molar-refractivity contribution in [3.05, 3.63) is 28.5 Å². The van der Waals surface area contributed by atoms with Gasteiger partial charge in [-0.05, 0) is 15.9 Å². The molecule has 0 saturated carbocycles. The molecule has 1 aromatic rings. The molecule has 1 heterocycles. The first kappa shape index (κ1) is 6.61. The van der Waals surface area contributed by atoms with Crippen molar-refractivity contribution in [2.24, 2.45) is 0 Å². The van der Waals surface area contributed by atoms with Crippen molar-refractivity contribution in [1.82, 2.24) is 4.98 Å². The first-order valence-corrected chi connectivity index (χ1v) is 2.96. The van der Waals surface area contributed by atoms with Crippen molar-refractivity contribution in [3.63, 3.8) is 0 Å². The van der Waals surface area contributed by atoms with Gasteiger partial charge in [-0.3, -0.25) is 0 Å². The molecule has 0 fully saturated rings. The third-order valence-corrected chi connectivity index (χ3v) is 1.21. The predicted octanol–water partition coefficient (Wildman–Crippen LogP) is 2.12. The number of hydrogen-bond acceptors (Lipinski definition) is 1. The first-order valence-electron chi connectivity index (χ1n) is 2.16. The lowest BCUT2D eigenvalue weighted by atomic mass is 10.5. The SMILES string of the molecule is Fc1cnc(Br)cc1F. The Morgan fingerprint density at radius 2 is 2.00 bits per heavy atom. The van der Waals surface area contributed by atoms with Crippen molar-refractivity contribution >= 4 is 15.9 Å². The summed E-state index contributed by atoms with van der Waals surface area (Å²) < 4.78 is 24.5. The molecule has 0 saturated heterocycles. The minimum Gasteiger partial charge on any atom is -0.246 e. The Morgan fingerprint density at radius 3 is 2.44 bits per heavy atom. The average Bonchev–Trinajstić information content (AvgIpc) is 1.80. The third kappa shape index (κ3) is 1.45. The highest BCUT2D eigenvalue weighted by atomic mass is 79.9. The van der Waals surface area contributed by atoms with Gasteiger partial charge in [0, 0.05) is 6.07 Å². The number of nitrogens with zero attached hydrogens (tertiary/aromatic N) is 1. The van der Waals surface area contributed by atoms with Crippen molar-refractivity contribution in [2.45, 2.75) is 0 Å². The van der Waals surface area contributed by atoms with E-state index in [1.165, 1.54) is 0 Å². The zero-order chi connectivity index (χ0) is 6.85. The Hall–Kier alpha value is -0.510. The van der Waals surface area contributed by atoms with E-state index in [2.05, 4.69) is 20.9 Å². The average molecular weight is 194 g/mol. The Bertz CT molecular complexity index is 226. The van der Waals surface area contributed by atoms with Crippen LogP contribution >= 0.6 is 15.9 Å². The number of hydrogen-bond donors (Lipinski definition) is 0. The number of rotatable bonds is 0. The Labute approximate surface area is 58.8 Å². The highest BCUT2D eigenvalue weighted by Gasteiger charge is 1.99. The molecular formula is C5H2BrF2N. The molecular weight excluding hydrogens is 192 g/mol. The van der Waals surface area contributed by atoms with Crippen LogP contribution in [0, 0.1) is 11.6 Å². The lowest BCUT2D eigenvalue weighted by Crippen LogP contribution is -1.84. The summed E-state index contributed by atoms with van der Waals surface area (Å²) in [5.41, 5.74) is 0. The predicted molar refractivity (Wildman–Crippen MR) is 31.9 cm³/mol.